The van der Waals surface area contributed by atoms with Crippen molar-refractivity contribution in [3.8, 4) is 0 Å². The van der Waals surface area contributed by atoms with Crippen molar-refractivity contribution in [3.63, 3.8) is 0 Å². The Balaban J connectivity index is 1.98. The van der Waals surface area contributed by atoms with E-state index in [1.165, 1.54) is 5.56 Å². The Bertz CT molecular complexity index is 401. The first-order chi connectivity index (χ1) is 8.04. The maximum atomic E-state index is 5.73. The van der Waals surface area contributed by atoms with Gasteiger partial charge in [0.2, 0.25) is 0 Å². The third-order valence-electron chi connectivity index (χ3n) is 2.57. The van der Waals surface area contributed by atoms with Crippen LogP contribution in [0.4, 0.5) is 0 Å². The van der Waals surface area contributed by atoms with Crippen LogP contribution in [0, 0.1) is 0 Å². The molecule has 1 aliphatic heterocycles. The molecular weight excluding hydrogens is 212 g/mol. The molecule has 17 heavy (non-hydrogen) atoms. The molecule has 0 unspecified atom stereocenters. The van der Waals surface area contributed by atoms with Crippen LogP contribution in [0.15, 0.2) is 29.3 Å². The summed E-state index contributed by atoms with van der Waals surface area (Å²) in [5.41, 5.74) is 2.26. The van der Waals surface area contributed by atoms with E-state index < -0.39 is 0 Å². The smallest absolute Gasteiger partial charge is 0.128 e. The van der Waals surface area contributed by atoms with Gasteiger partial charge in [-0.15, -0.1) is 0 Å². The molecule has 92 valence electrons. The second kappa shape index (κ2) is 4.88. The summed E-state index contributed by atoms with van der Waals surface area (Å²) in [6.45, 7) is 8.69. The molecule has 0 spiro atoms. The number of hydrogen-bond acceptors (Lipinski definition) is 3. The molecule has 3 heteroatoms. The summed E-state index contributed by atoms with van der Waals surface area (Å²) in [5.74, 6) is 1.01. The molecule has 0 atom stereocenters. The third kappa shape index (κ3) is 3.56. The average molecular weight is 232 g/mol. The molecule has 1 N–H and O–H groups in total. The standard InChI is InChI=1S/C14H20N2O/c1-14(2,3)17-10-11-4-6-12(7-5-11)13-15-8-9-16-13/h4-7H,8-10H2,1-3H3,(H,15,16). The lowest BCUT2D eigenvalue weighted by molar-refractivity contribution is -0.0149. The molecule has 1 aromatic rings. The van der Waals surface area contributed by atoms with Gasteiger partial charge in [0.05, 0.1) is 18.8 Å². The lowest BCUT2D eigenvalue weighted by Gasteiger charge is -2.19. The fourth-order valence-electron chi connectivity index (χ4n) is 1.65. The van der Waals surface area contributed by atoms with E-state index in [0.29, 0.717) is 6.61 Å². The van der Waals surface area contributed by atoms with Gasteiger partial charge in [0, 0.05) is 12.1 Å². The molecule has 1 aliphatic rings. The lowest BCUT2D eigenvalue weighted by Crippen LogP contribution is -2.20. The monoisotopic (exact) mass is 232 g/mol. The van der Waals surface area contributed by atoms with E-state index in [0.717, 1.165) is 24.5 Å². The Hall–Kier alpha value is -1.35. The summed E-state index contributed by atoms with van der Waals surface area (Å²) in [7, 11) is 0. The minimum absolute atomic E-state index is 0.0875. The van der Waals surface area contributed by atoms with Crippen molar-refractivity contribution in [1.29, 1.82) is 0 Å². The summed E-state index contributed by atoms with van der Waals surface area (Å²) >= 11 is 0. The highest BCUT2D eigenvalue weighted by Crippen LogP contribution is 2.13. The number of hydrogen-bond donors (Lipinski definition) is 1. The number of ether oxygens (including phenoxy) is 1. The molecule has 1 heterocycles. The Kier molecular flexibility index (Phi) is 3.48. The zero-order valence-corrected chi connectivity index (χ0v) is 10.8. The van der Waals surface area contributed by atoms with Crippen LogP contribution in [-0.2, 0) is 11.3 Å². The van der Waals surface area contributed by atoms with Crippen LogP contribution in [0.5, 0.6) is 0 Å². The van der Waals surface area contributed by atoms with E-state index in [-0.39, 0.29) is 5.60 Å². The van der Waals surface area contributed by atoms with Gasteiger partial charge in [-0.05, 0) is 26.3 Å². The highest BCUT2D eigenvalue weighted by atomic mass is 16.5. The Morgan fingerprint density at radius 3 is 2.47 bits per heavy atom. The maximum absolute atomic E-state index is 5.73. The van der Waals surface area contributed by atoms with Crippen molar-refractivity contribution in [2.24, 2.45) is 4.99 Å². The number of rotatable bonds is 3. The van der Waals surface area contributed by atoms with E-state index in [4.69, 9.17) is 4.74 Å². The molecule has 0 saturated heterocycles. The predicted molar refractivity (Wildman–Crippen MR) is 70.4 cm³/mol. The van der Waals surface area contributed by atoms with Crippen molar-refractivity contribution < 1.29 is 4.74 Å². The molecule has 0 amide bonds. The van der Waals surface area contributed by atoms with Gasteiger partial charge in [-0.3, -0.25) is 4.99 Å². The van der Waals surface area contributed by atoms with Crippen molar-refractivity contribution in [1.82, 2.24) is 5.32 Å². The predicted octanol–water partition coefficient (Wildman–Crippen LogP) is 2.35. The van der Waals surface area contributed by atoms with Crippen molar-refractivity contribution in [3.05, 3.63) is 35.4 Å². The SMILES string of the molecule is CC(C)(C)OCc1ccc(C2=NCCN2)cc1. The normalized spacial score (nSPS) is 15.6. The molecule has 0 aliphatic carbocycles. The fourth-order valence-corrected chi connectivity index (χ4v) is 1.65. The van der Waals surface area contributed by atoms with E-state index in [1.807, 2.05) is 0 Å². The minimum atomic E-state index is -0.0875. The summed E-state index contributed by atoms with van der Waals surface area (Å²) in [5, 5.41) is 3.27. The lowest BCUT2D eigenvalue weighted by atomic mass is 10.1. The molecule has 0 saturated carbocycles. The largest absolute Gasteiger partial charge is 0.371 e. The van der Waals surface area contributed by atoms with Crippen molar-refractivity contribution in [2.75, 3.05) is 13.1 Å². The molecule has 3 nitrogen and oxygen atoms in total. The van der Waals surface area contributed by atoms with Crippen LogP contribution < -0.4 is 5.32 Å². The molecule has 0 aromatic heterocycles. The first kappa shape index (κ1) is 12.1. The van der Waals surface area contributed by atoms with Crippen LogP contribution in [0.2, 0.25) is 0 Å². The van der Waals surface area contributed by atoms with Gasteiger partial charge in [-0.1, -0.05) is 24.3 Å². The van der Waals surface area contributed by atoms with Gasteiger partial charge in [-0.25, -0.2) is 0 Å². The molecule has 0 radical (unpaired) electrons. The highest BCUT2D eigenvalue weighted by Gasteiger charge is 2.11. The van der Waals surface area contributed by atoms with E-state index in [2.05, 4.69) is 55.3 Å². The quantitative estimate of drug-likeness (QED) is 0.868. The van der Waals surface area contributed by atoms with Crippen molar-refractivity contribution >= 4 is 5.84 Å². The Labute approximate surface area is 103 Å². The van der Waals surface area contributed by atoms with Gasteiger partial charge in [0.1, 0.15) is 5.84 Å². The maximum Gasteiger partial charge on any atom is 0.128 e. The van der Waals surface area contributed by atoms with E-state index >= 15 is 0 Å². The second-order valence-electron chi connectivity index (χ2n) is 5.26. The average Bonchev–Trinajstić information content (AvgIpc) is 2.79. The van der Waals surface area contributed by atoms with Crippen LogP contribution in [0.3, 0.4) is 0 Å². The van der Waals surface area contributed by atoms with Gasteiger partial charge < -0.3 is 10.1 Å². The summed E-state index contributed by atoms with van der Waals surface area (Å²) in [6, 6.07) is 8.39. The Morgan fingerprint density at radius 1 is 1.24 bits per heavy atom. The first-order valence-corrected chi connectivity index (χ1v) is 6.06. The number of benzene rings is 1. The first-order valence-electron chi connectivity index (χ1n) is 6.06. The number of nitrogens with zero attached hydrogens (tertiary/aromatic N) is 1. The van der Waals surface area contributed by atoms with Gasteiger partial charge >= 0.3 is 0 Å². The molecule has 0 fully saturated rings. The number of nitrogens with one attached hydrogen (secondary N) is 1. The molecule has 2 rings (SSSR count). The summed E-state index contributed by atoms with van der Waals surface area (Å²) in [4.78, 5) is 4.40. The van der Waals surface area contributed by atoms with Gasteiger partial charge in [-0.2, -0.15) is 0 Å². The van der Waals surface area contributed by atoms with Gasteiger partial charge in [0.15, 0.2) is 0 Å². The van der Waals surface area contributed by atoms with Crippen LogP contribution in [-0.4, -0.2) is 24.5 Å². The zero-order valence-electron chi connectivity index (χ0n) is 10.8. The Morgan fingerprint density at radius 2 is 1.94 bits per heavy atom. The van der Waals surface area contributed by atoms with E-state index in [9.17, 15) is 0 Å². The molecule has 1 aromatic carbocycles. The number of amidine groups is 1. The van der Waals surface area contributed by atoms with Gasteiger partial charge in [0.25, 0.3) is 0 Å². The fraction of sp³-hybridized carbons (Fsp3) is 0.500. The topological polar surface area (TPSA) is 33.6 Å². The van der Waals surface area contributed by atoms with E-state index in [1.54, 1.807) is 0 Å². The van der Waals surface area contributed by atoms with Crippen LogP contribution in [0.1, 0.15) is 31.9 Å². The summed E-state index contributed by atoms with van der Waals surface area (Å²) < 4.78 is 5.73. The second-order valence-corrected chi connectivity index (χ2v) is 5.26. The minimum Gasteiger partial charge on any atom is -0.371 e. The third-order valence-corrected chi connectivity index (χ3v) is 2.57. The van der Waals surface area contributed by atoms with Crippen LogP contribution in [0.25, 0.3) is 0 Å². The van der Waals surface area contributed by atoms with Crippen molar-refractivity contribution in [2.45, 2.75) is 33.0 Å². The summed E-state index contributed by atoms with van der Waals surface area (Å²) in [6.07, 6.45) is 0. The zero-order chi connectivity index (χ0) is 12.3. The van der Waals surface area contributed by atoms with Crippen LogP contribution >= 0.6 is 0 Å². The molecular formula is C14H20N2O. The highest BCUT2D eigenvalue weighted by molar-refractivity contribution is 5.99. The molecule has 0 bridgehead atoms. The number of aliphatic imine (C=N–C) groups is 1.